The Hall–Kier alpha value is -3.60. The van der Waals surface area contributed by atoms with E-state index in [1.54, 1.807) is 24.3 Å². The number of aliphatic carboxylic acids is 1. The van der Waals surface area contributed by atoms with E-state index in [0.29, 0.717) is 22.8 Å². The van der Waals surface area contributed by atoms with Gasteiger partial charge >= 0.3 is 214 Å². The average Bonchev–Trinajstić information content (AvgIpc) is 3.38. The van der Waals surface area contributed by atoms with Crippen LogP contribution in [0.2, 0.25) is 0 Å². The van der Waals surface area contributed by atoms with Crippen LogP contribution in [0.15, 0.2) is 42.5 Å². The van der Waals surface area contributed by atoms with Crippen LogP contribution in [0.4, 0.5) is 10.1 Å². The number of nitrogens with two attached hydrogens (primary N) is 1. The van der Waals surface area contributed by atoms with Gasteiger partial charge in [-0.15, -0.1) is 0 Å². The summed E-state index contributed by atoms with van der Waals surface area (Å²) in [4.78, 5) is 52.8. The molecule has 11 nitrogen and oxygen atoms in total. The van der Waals surface area contributed by atoms with E-state index in [4.69, 9.17) is 15.9 Å². The Labute approximate surface area is 223 Å². The Kier molecular flexibility index (Phi) is 8.25. The molecule has 0 radical (unpaired) electrons. The molecular weight excluding hydrogens is 562 g/mol. The summed E-state index contributed by atoms with van der Waals surface area (Å²) in [5.74, 6) is -3.48. The summed E-state index contributed by atoms with van der Waals surface area (Å²) in [6.07, 6.45) is -2.45. The Morgan fingerprint density at radius 3 is 2.50 bits per heavy atom. The van der Waals surface area contributed by atoms with E-state index >= 15 is 0 Å². The van der Waals surface area contributed by atoms with E-state index in [1.807, 2.05) is 0 Å². The van der Waals surface area contributed by atoms with Crippen molar-refractivity contribution in [3.63, 3.8) is 0 Å². The second-order valence-electron chi connectivity index (χ2n) is 8.90. The molecule has 0 bridgehead atoms. The number of aliphatic hydroxyl groups excluding tert-OH is 1. The van der Waals surface area contributed by atoms with Gasteiger partial charge in [0.2, 0.25) is 0 Å². The molecule has 2 saturated heterocycles. The Balaban J connectivity index is 1.50. The van der Waals surface area contributed by atoms with E-state index in [-0.39, 0.29) is 36.8 Å². The van der Waals surface area contributed by atoms with Crippen LogP contribution in [0.1, 0.15) is 28.8 Å². The number of nitrogens with one attached hydrogen (secondary N) is 1. The quantitative estimate of drug-likeness (QED) is 0.176. The Bertz CT molecular complexity index is 1290. The Morgan fingerprint density at radius 2 is 1.84 bits per heavy atom. The van der Waals surface area contributed by atoms with Crippen molar-refractivity contribution in [3.05, 3.63) is 59.4 Å². The van der Waals surface area contributed by atoms with Crippen molar-refractivity contribution in [2.24, 2.45) is 5.73 Å². The van der Waals surface area contributed by atoms with E-state index in [9.17, 15) is 33.8 Å². The first-order valence-corrected chi connectivity index (χ1v) is 13.9. The molecule has 0 aromatic heterocycles. The maximum atomic E-state index is 14.5. The number of amidine groups is 1. The number of nitrogens with zero attached hydrogens (tertiary/aromatic N) is 2. The topological polar surface area (TPSA) is 174 Å². The number of hydrogen-bond acceptors (Lipinski definition) is 7. The summed E-state index contributed by atoms with van der Waals surface area (Å²) in [6, 6.07) is 8.77. The van der Waals surface area contributed by atoms with Crippen LogP contribution in [0.5, 0.6) is 0 Å². The summed E-state index contributed by atoms with van der Waals surface area (Å²) in [5.41, 5.74) is 5.85. The molecule has 38 heavy (non-hydrogen) atoms. The van der Waals surface area contributed by atoms with Crippen molar-refractivity contribution >= 4 is 54.0 Å². The van der Waals surface area contributed by atoms with Gasteiger partial charge in [0.1, 0.15) is 0 Å². The molecule has 2 aliphatic rings. The van der Waals surface area contributed by atoms with E-state index in [2.05, 4.69) is 0 Å². The van der Waals surface area contributed by atoms with Crippen molar-refractivity contribution in [1.82, 2.24) is 4.90 Å². The van der Waals surface area contributed by atoms with E-state index in [1.165, 1.54) is 11.0 Å². The number of benzene rings is 2. The number of carbonyl (C=O) groups excluding carboxylic acids is 3. The molecule has 2 fully saturated rings. The number of anilines is 1. The van der Waals surface area contributed by atoms with Crippen LogP contribution in [-0.4, -0.2) is 97.0 Å². The van der Waals surface area contributed by atoms with Crippen LogP contribution >= 0.6 is 0 Å². The number of morpholine rings is 1. The molecule has 2 heterocycles. The zero-order valence-corrected chi connectivity index (χ0v) is 22.2. The number of likely N-dealkylation sites (tertiary alicyclic amines) is 1. The van der Waals surface area contributed by atoms with Crippen LogP contribution in [0.25, 0.3) is 0 Å². The molecule has 0 spiro atoms. The van der Waals surface area contributed by atoms with Crippen molar-refractivity contribution in [3.8, 4) is 0 Å². The minimum absolute atomic E-state index is 0.00239. The van der Waals surface area contributed by atoms with Gasteiger partial charge in [-0.05, 0) is 0 Å². The van der Waals surface area contributed by atoms with Crippen LogP contribution < -0.4 is 15.0 Å². The van der Waals surface area contributed by atoms with E-state index < -0.39 is 62.2 Å². The fraction of sp³-hybridized carbons (Fsp3) is 0.320. The number of carboxylic acid groups (broad SMARTS) is 1. The SMILES string of the molecule is N=C(N)c1ccc([AsH]C(=O)[C@H](O)[C@H]2OCCN(c3cc(F)cc(C(=O)N4CCCC4C(=O)O)c3)C2=O)cc1. The monoisotopic (exact) mass is 588 g/mol. The van der Waals surface area contributed by atoms with Gasteiger partial charge in [-0.25, -0.2) is 4.79 Å². The molecule has 2 aromatic carbocycles. The standard InChI is InChI=1S/C25H26AsFN4O7/c27-16-10-14(23(34)31-7-1-2-18(31)25(36)37)11-17(12-16)30-8-9-38-20(24(30)35)19(32)21(33)26-15-5-3-13(4-6-15)22(28)29/h3-6,10-12,18-20,26,32H,1-2,7-9H2,(H3,28,29)(H,36,37)/t18?,19-,20-/m1/s1. The second-order valence-corrected chi connectivity index (χ2v) is 11.7. The molecular formula is C25H26AsFN4O7. The van der Waals surface area contributed by atoms with Crippen molar-refractivity contribution < 1.29 is 38.5 Å². The van der Waals surface area contributed by atoms with Crippen LogP contribution in [-0.2, 0) is 19.1 Å². The summed E-state index contributed by atoms with van der Waals surface area (Å²) in [5, 5.41) is 27.5. The number of amides is 2. The molecule has 0 aliphatic carbocycles. The fourth-order valence-corrected chi connectivity index (χ4v) is 6.39. The molecule has 13 heteroatoms. The number of carbonyl (C=O) groups is 4. The fourth-order valence-electron chi connectivity index (χ4n) is 4.46. The number of ether oxygens (including phenoxy) is 1. The van der Waals surface area contributed by atoms with E-state index in [0.717, 1.165) is 17.0 Å². The van der Waals surface area contributed by atoms with Crippen molar-refractivity contribution in [2.45, 2.75) is 31.1 Å². The molecule has 2 amide bonds. The summed E-state index contributed by atoms with van der Waals surface area (Å²) in [6.45, 7) is 0.175. The summed E-state index contributed by atoms with van der Waals surface area (Å²) in [7, 11) is 0. The zero-order chi connectivity index (χ0) is 27.6. The number of nitrogen functional groups attached to an aromatic ring is 1. The van der Waals surface area contributed by atoms with Gasteiger partial charge < -0.3 is 5.11 Å². The molecule has 4 rings (SSSR count). The molecule has 200 valence electrons. The molecule has 2 unspecified atom stereocenters. The third-order valence-corrected chi connectivity index (χ3v) is 8.82. The predicted octanol–water partition coefficient (Wildman–Crippen LogP) is -0.820. The van der Waals surface area contributed by atoms with Crippen LogP contribution in [0, 0.1) is 11.2 Å². The number of aliphatic hydroxyl groups is 1. The maximum absolute atomic E-state index is 14.5. The number of rotatable bonds is 8. The summed E-state index contributed by atoms with van der Waals surface area (Å²) >= 11 is -1.53. The van der Waals surface area contributed by atoms with Gasteiger partial charge in [0, 0.05) is 0 Å². The van der Waals surface area contributed by atoms with Gasteiger partial charge in [0.15, 0.2) is 0 Å². The third-order valence-electron chi connectivity index (χ3n) is 6.38. The normalized spacial score (nSPS) is 20.6. The van der Waals surface area contributed by atoms with Gasteiger partial charge in [-0.1, -0.05) is 0 Å². The zero-order valence-electron chi connectivity index (χ0n) is 20.1. The number of halogens is 1. The van der Waals surface area contributed by atoms with Crippen LogP contribution in [0.3, 0.4) is 0 Å². The molecule has 4 atom stereocenters. The molecule has 0 saturated carbocycles. The van der Waals surface area contributed by atoms with Crippen molar-refractivity contribution in [2.75, 3.05) is 24.6 Å². The third kappa shape index (κ3) is 5.77. The first kappa shape index (κ1) is 27.4. The van der Waals surface area contributed by atoms with Crippen molar-refractivity contribution in [1.29, 1.82) is 5.41 Å². The first-order chi connectivity index (χ1) is 18.1. The Morgan fingerprint density at radius 1 is 1.13 bits per heavy atom. The molecule has 2 aromatic rings. The molecule has 2 aliphatic heterocycles. The molecule has 5 N–H and O–H groups in total. The van der Waals surface area contributed by atoms with Gasteiger partial charge in [0.25, 0.3) is 0 Å². The van der Waals surface area contributed by atoms with Gasteiger partial charge in [-0.3, -0.25) is 0 Å². The predicted molar refractivity (Wildman–Crippen MR) is 135 cm³/mol. The number of carboxylic acids is 1. The number of hydrogen-bond donors (Lipinski definition) is 4. The second kappa shape index (κ2) is 11.4. The average molecular weight is 588 g/mol. The first-order valence-electron chi connectivity index (χ1n) is 11.8. The van der Waals surface area contributed by atoms with Gasteiger partial charge in [-0.2, -0.15) is 0 Å². The minimum atomic E-state index is -1.74. The van der Waals surface area contributed by atoms with Gasteiger partial charge in [0.05, 0.1) is 0 Å². The summed E-state index contributed by atoms with van der Waals surface area (Å²) < 4.78 is 20.1.